The van der Waals surface area contributed by atoms with Gasteiger partial charge in [-0.25, -0.2) is 19.1 Å². The van der Waals surface area contributed by atoms with Crippen LogP contribution in [0.15, 0.2) is 39.5 Å². The van der Waals surface area contributed by atoms with Gasteiger partial charge >= 0.3 is 11.7 Å². The van der Waals surface area contributed by atoms with E-state index in [2.05, 4.69) is 19.3 Å². The predicted molar refractivity (Wildman–Crippen MR) is 121 cm³/mol. The van der Waals surface area contributed by atoms with Gasteiger partial charge in [0.05, 0.1) is 19.1 Å². The number of ether oxygens (including phenoxy) is 1. The summed E-state index contributed by atoms with van der Waals surface area (Å²) in [5, 5.41) is 0. The summed E-state index contributed by atoms with van der Waals surface area (Å²) in [6, 6.07) is 8.00. The van der Waals surface area contributed by atoms with Crippen LogP contribution in [0.4, 0.5) is 5.82 Å². The predicted octanol–water partition coefficient (Wildman–Crippen LogP) is 1.04. The molecule has 0 aliphatic carbocycles. The number of H-pyrrole nitrogens is 1. The number of carbonyl (C=O) groups is 3. The molecular weight excluding hydrogens is 448 g/mol. The molecule has 33 heavy (non-hydrogen) atoms. The Kier molecular flexibility index (Phi) is 7.72. The third-order valence-electron chi connectivity index (χ3n) is 4.98. The zero-order valence-electron chi connectivity index (χ0n) is 17.8. The molecule has 0 bridgehead atoms. The van der Waals surface area contributed by atoms with Gasteiger partial charge in [0.25, 0.3) is 0 Å². The number of carbonyl (C=O) groups excluding carboxylic acids is 3. The summed E-state index contributed by atoms with van der Waals surface area (Å²) in [5.74, 6) is -2.34. The minimum Gasteiger partial charge on any atom is -0.466 e. The van der Waals surface area contributed by atoms with Crippen LogP contribution in [-0.2, 0) is 38.1 Å². The third-order valence-corrected chi connectivity index (χ3v) is 5.21. The number of hydrogen-bond acceptors (Lipinski definition) is 10. The highest BCUT2D eigenvalue weighted by molar-refractivity contribution is 7.47. The summed E-state index contributed by atoms with van der Waals surface area (Å²) in [6.45, 7) is 1.94. The van der Waals surface area contributed by atoms with Crippen molar-refractivity contribution in [2.75, 3.05) is 12.3 Å². The lowest BCUT2D eigenvalue weighted by molar-refractivity contribution is -0.145. The van der Waals surface area contributed by atoms with Gasteiger partial charge in [-0.05, 0) is 12.5 Å². The third kappa shape index (κ3) is 5.34. The van der Waals surface area contributed by atoms with E-state index in [1.54, 1.807) is 6.92 Å². The molecule has 11 nitrogen and oxygen atoms in total. The van der Waals surface area contributed by atoms with E-state index in [0.717, 1.165) is 5.56 Å². The maximum atomic E-state index is 12.7. The lowest BCUT2D eigenvalue weighted by Crippen LogP contribution is -2.30. The van der Waals surface area contributed by atoms with E-state index in [1.807, 2.05) is 30.3 Å². The van der Waals surface area contributed by atoms with Crippen molar-refractivity contribution in [2.24, 2.45) is 4.36 Å². The number of aromatic nitrogens is 4. The minimum absolute atomic E-state index is 0.0173. The molecule has 3 rings (SSSR count). The smallest absolute Gasteiger partial charge is 0.328 e. The number of aldehydes is 1. The van der Waals surface area contributed by atoms with Gasteiger partial charge in [0.2, 0.25) is 0 Å². The molecule has 2 aromatic heterocycles. The van der Waals surface area contributed by atoms with E-state index in [0.29, 0.717) is 6.29 Å². The summed E-state index contributed by atoms with van der Waals surface area (Å²) in [4.78, 5) is 59.7. The fourth-order valence-corrected chi connectivity index (χ4v) is 3.71. The first-order valence-corrected chi connectivity index (χ1v) is 10.5. The number of nitrogens with one attached hydrogen (secondary N) is 1. The molecule has 3 aromatic rings. The normalized spacial score (nSPS) is 12.8. The molecule has 0 radical (unpaired) electrons. The van der Waals surface area contributed by atoms with Crippen LogP contribution in [0, 0.1) is 0 Å². The van der Waals surface area contributed by atoms with Crippen molar-refractivity contribution in [2.45, 2.75) is 38.3 Å². The zero-order chi connectivity index (χ0) is 24.0. The van der Waals surface area contributed by atoms with Crippen LogP contribution in [0.2, 0.25) is 0 Å². The van der Waals surface area contributed by atoms with E-state index in [9.17, 15) is 19.2 Å². The second-order valence-corrected chi connectivity index (χ2v) is 7.39. The lowest BCUT2D eigenvalue weighted by Gasteiger charge is -2.19. The Hall–Kier alpha value is -3.80. The monoisotopic (exact) mass is 470 g/mol. The summed E-state index contributed by atoms with van der Waals surface area (Å²) >= 11 is 4.79. The number of Topliss-reactive ketones (excluding diaryl/α,β-unsaturated/α-hetero) is 1. The second-order valence-electron chi connectivity index (χ2n) is 7.17. The largest absolute Gasteiger partial charge is 0.466 e. The van der Waals surface area contributed by atoms with Crippen LogP contribution in [0.5, 0.6) is 0 Å². The number of nitrogens with two attached hydrogens (primary N) is 1. The molecule has 2 atom stereocenters. The molecule has 1 aromatic carbocycles. The van der Waals surface area contributed by atoms with Crippen LogP contribution in [0.1, 0.15) is 37.1 Å². The van der Waals surface area contributed by atoms with E-state index >= 15 is 0 Å². The maximum absolute atomic E-state index is 12.7. The molecule has 0 amide bonds. The Labute approximate surface area is 193 Å². The van der Waals surface area contributed by atoms with Crippen molar-refractivity contribution in [1.82, 2.24) is 19.5 Å². The quantitative estimate of drug-likeness (QED) is 0.237. The van der Waals surface area contributed by atoms with Gasteiger partial charge in [0.1, 0.15) is 30.1 Å². The highest BCUT2D eigenvalue weighted by Gasteiger charge is 2.33. The fraction of sp³-hybridized carbons (Fsp3) is 0.333. The van der Waals surface area contributed by atoms with Gasteiger partial charge < -0.3 is 20.2 Å². The van der Waals surface area contributed by atoms with Crippen LogP contribution in [0.3, 0.4) is 0 Å². The number of hydrogen-bond donors (Lipinski definition) is 2. The second kappa shape index (κ2) is 10.7. The Morgan fingerprint density at radius 2 is 2.03 bits per heavy atom. The number of imidazole rings is 1. The topological polar surface area (TPSA) is 162 Å². The molecule has 0 saturated carbocycles. The van der Waals surface area contributed by atoms with Gasteiger partial charge in [-0.1, -0.05) is 30.3 Å². The Morgan fingerprint density at radius 3 is 2.67 bits per heavy atom. The molecule has 2 heterocycles. The van der Waals surface area contributed by atoms with Crippen LogP contribution in [-0.4, -0.2) is 50.2 Å². The first kappa shape index (κ1) is 23.9. The minimum atomic E-state index is -1.25. The number of anilines is 1. The number of esters is 1. The van der Waals surface area contributed by atoms with E-state index in [-0.39, 0.29) is 42.4 Å². The molecule has 0 fully saturated rings. The van der Waals surface area contributed by atoms with Gasteiger partial charge in [0.15, 0.2) is 17.2 Å². The standard InChI is InChI=1S/C21H22N6O5S/c1-2-32-15(30)10-14(29)16(26-33)13(8-9-28)19-24-18(22)17-20(25-19)27(21(31)23-17)11-12-6-4-3-5-7-12/h3-7,9,13,16H,2,8,10-11H2,1H3,(H,23,31)(H2,22,24,25). The fourth-order valence-electron chi connectivity index (χ4n) is 3.44. The molecule has 3 N–H and O–H groups in total. The maximum Gasteiger partial charge on any atom is 0.328 e. The molecule has 2 unspecified atom stereocenters. The molecule has 12 heteroatoms. The SMILES string of the molecule is CCOC(=O)CC(=O)C(N=S)C(CC=O)c1nc(N)c2[nH]c(=O)n(Cc3ccccc3)c2n1. The lowest BCUT2D eigenvalue weighted by atomic mass is 9.91. The van der Waals surface area contributed by atoms with E-state index in [1.165, 1.54) is 4.57 Å². The van der Waals surface area contributed by atoms with Crippen LogP contribution >= 0.6 is 0 Å². The number of fused-ring (bicyclic) bond motifs is 1. The van der Waals surface area contributed by atoms with Crippen molar-refractivity contribution < 1.29 is 19.1 Å². The average Bonchev–Trinajstić information content (AvgIpc) is 3.10. The van der Waals surface area contributed by atoms with Crippen molar-refractivity contribution >= 4 is 47.4 Å². The Morgan fingerprint density at radius 1 is 1.30 bits per heavy atom. The molecule has 172 valence electrons. The van der Waals surface area contributed by atoms with Crippen molar-refractivity contribution in [3.05, 3.63) is 52.2 Å². The summed E-state index contributed by atoms with van der Waals surface area (Å²) in [5.41, 5.74) is 6.92. The summed E-state index contributed by atoms with van der Waals surface area (Å²) in [6.07, 6.45) is -0.181. The molecule has 0 aliphatic rings. The average molecular weight is 471 g/mol. The van der Waals surface area contributed by atoms with Crippen molar-refractivity contribution in [3.63, 3.8) is 0 Å². The summed E-state index contributed by atoms with van der Waals surface area (Å²) in [7, 11) is 0. The Balaban J connectivity index is 2.05. The van der Waals surface area contributed by atoms with E-state index in [4.69, 9.17) is 22.9 Å². The molecule has 0 saturated heterocycles. The number of aromatic amines is 1. The summed E-state index contributed by atoms with van der Waals surface area (Å²) < 4.78 is 9.86. The zero-order valence-corrected chi connectivity index (χ0v) is 18.6. The van der Waals surface area contributed by atoms with Crippen molar-refractivity contribution in [1.29, 1.82) is 0 Å². The van der Waals surface area contributed by atoms with E-state index < -0.39 is 35.8 Å². The van der Waals surface area contributed by atoms with Gasteiger partial charge in [-0.15, -0.1) is 0 Å². The van der Waals surface area contributed by atoms with Gasteiger partial charge in [-0.3, -0.25) is 14.2 Å². The number of nitrogen functional groups attached to an aromatic ring is 1. The number of ketones is 1. The molecule has 0 aliphatic heterocycles. The van der Waals surface area contributed by atoms with Gasteiger partial charge in [-0.2, -0.15) is 0 Å². The van der Waals surface area contributed by atoms with Gasteiger partial charge in [0, 0.05) is 18.8 Å². The molecule has 0 spiro atoms. The highest BCUT2D eigenvalue weighted by atomic mass is 32.1. The first-order chi connectivity index (χ1) is 15.9. The number of rotatable bonds is 11. The highest BCUT2D eigenvalue weighted by Crippen LogP contribution is 2.27. The first-order valence-electron chi connectivity index (χ1n) is 10.1. The van der Waals surface area contributed by atoms with Crippen LogP contribution in [0.25, 0.3) is 11.2 Å². The van der Waals surface area contributed by atoms with Crippen LogP contribution < -0.4 is 11.4 Å². The van der Waals surface area contributed by atoms with Crippen molar-refractivity contribution in [3.8, 4) is 0 Å². The Bertz CT molecular complexity index is 1240. The molecular formula is C21H22N6O5S. The number of nitrogens with zero attached hydrogens (tertiary/aromatic N) is 4. The number of benzene rings is 1.